The summed E-state index contributed by atoms with van der Waals surface area (Å²) < 4.78 is 9.75. The molecule has 0 aromatic carbocycles. The molecule has 1 atom stereocenters. The van der Waals surface area contributed by atoms with Crippen LogP contribution in [0.15, 0.2) is 12.4 Å². The van der Waals surface area contributed by atoms with E-state index in [0.29, 0.717) is 18.3 Å². The first kappa shape index (κ1) is 12.2. The molecule has 16 heavy (non-hydrogen) atoms. The van der Waals surface area contributed by atoms with Crippen molar-refractivity contribution in [3.8, 4) is 5.75 Å². The SMILES string of the molecule is CCOC(=O)C(C)Nc1ncc(OC)cn1. The van der Waals surface area contributed by atoms with Crippen molar-refractivity contribution in [2.24, 2.45) is 0 Å². The van der Waals surface area contributed by atoms with Gasteiger partial charge in [0.25, 0.3) is 0 Å². The van der Waals surface area contributed by atoms with Crippen molar-refractivity contribution < 1.29 is 14.3 Å². The van der Waals surface area contributed by atoms with Gasteiger partial charge in [-0.1, -0.05) is 0 Å². The summed E-state index contributed by atoms with van der Waals surface area (Å²) in [4.78, 5) is 19.3. The van der Waals surface area contributed by atoms with Crippen molar-refractivity contribution in [1.29, 1.82) is 0 Å². The molecular weight excluding hydrogens is 210 g/mol. The number of ether oxygens (including phenoxy) is 2. The molecule has 0 aliphatic rings. The molecule has 1 aromatic heterocycles. The molecular formula is C10H15N3O3. The number of nitrogens with zero attached hydrogens (tertiary/aromatic N) is 2. The van der Waals surface area contributed by atoms with E-state index in [1.165, 1.54) is 19.5 Å². The van der Waals surface area contributed by atoms with Crippen LogP contribution in [0.3, 0.4) is 0 Å². The molecule has 0 aliphatic carbocycles. The molecule has 1 N–H and O–H groups in total. The maximum atomic E-state index is 11.3. The summed E-state index contributed by atoms with van der Waals surface area (Å²) in [6.45, 7) is 3.80. The van der Waals surface area contributed by atoms with Gasteiger partial charge in [0, 0.05) is 0 Å². The quantitative estimate of drug-likeness (QED) is 0.749. The Labute approximate surface area is 94.0 Å². The Morgan fingerprint density at radius 2 is 2.12 bits per heavy atom. The minimum absolute atomic E-state index is 0.332. The van der Waals surface area contributed by atoms with Gasteiger partial charge < -0.3 is 14.8 Å². The van der Waals surface area contributed by atoms with Crippen LogP contribution in [0.1, 0.15) is 13.8 Å². The van der Waals surface area contributed by atoms with E-state index >= 15 is 0 Å². The summed E-state index contributed by atoms with van der Waals surface area (Å²) in [6.07, 6.45) is 3.04. The van der Waals surface area contributed by atoms with Gasteiger partial charge in [-0.15, -0.1) is 0 Å². The Bertz CT molecular complexity index is 340. The smallest absolute Gasteiger partial charge is 0.328 e. The summed E-state index contributed by atoms with van der Waals surface area (Å²) >= 11 is 0. The van der Waals surface area contributed by atoms with Crippen LogP contribution in [0.25, 0.3) is 0 Å². The van der Waals surface area contributed by atoms with E-state index in [1.807, 2.05) is 0 Å². The number of methoxy groups -OCH3 is 1. The van der Waals surface area contributed by atoms with Crippen LogP contribution in [0, 0.1) is 0 Å². The van der Waals surface area contributed by atoms with E-state index < -0.39 is 6.04 Å². The van der Waals surface area contributed by atoms with Crippen molar-refractivity contribution >= 4 is 11.9 Å². The molecule has 6 nitrogen and oxygen atoms in total. The Kier molecular flexibility index (Phi) is 4.50. The predicted octanol–water partition coefficient (Wildman–Crippen LogP) is 0.849. The topological polar surface area (TPSA) is 73.3 Å². The van der Waals surface area contributed by atoms with E-state index in [0.717, 1.165) is 0 Å². The van der Waals surface area contributed by atoms with E-state index in [1.54, 1.807) is 13.8 Å². The van der Waals surface area contributed by atoms with E-state index in [2.05, 4.69) is 15.3 Å². The summed E-state index contributed by atoms with van der Waals surface area (Å²) in [5.74, 6) is 0.595. The largest absolute Gasteiger partial charge is 0.494 e. The first-order chi connectivity index (χ1) is 7.67. The highest BCUT2D eigenvalue weighted by Gasteiger charge is 2.14. The molecule has 0 bridgehead atoms. The first-order valence-electron chi connectivity index (χ1n) is 4.96. The van der Waals surface area contributed by atoms with Crippen molar-refractivity contribution in [2.75, 3.05) is 19.0 Å². The summed E-state index contributed by atoms with van der Waals surface area (Å²) in [5.41, 5.74) is 0. The lowest BCUT2D eigenvalue weighted by Crippen LogP contribution is -2.28. The Balaban J connectivity index is 2.55. The third kappa shape index (κ3) is 3.38. The number of anilines is 1. The lowest BCUT2D eigenvalue weighted by Gasteiger charge is -2.12. The van der Waals surface area contributed by atoms with Crippen molar-refractivity contribution in [2.45, 2.75) is 19.9 Å². The number of hydrogen-bond donors (Lipinski definition) is 1. The van der Waals surface area contributed by atoms with Gasteiger partial charge in [0.2, 0.25) is 5.95 Å². The zero-order chi connectivity index (χ0) is 12.0. The van der Waals surface area contributed by atoms with Crippen molar-refractivity contribution in [3.63, 3.8) is 0 Å². The third-order valence-corrected chi connectivity index (χ3v) is 1.85. The molecule has 0 saturated carbocycles. The van der Waals surface area contributed by atoms with Gasteiger partial charge in [0.15, 0.2) is 5.75 Å². The molecule has 1 heterocycles. The number of rotatable bonds is 5. The number of carbonyl (C=O) groups excluding carboxylic acids is 1. The molecule has 0 radical (unpaired) electrons. The van der Waals surface area contributed by atoms with E-state index in [4.69, 9.17) is 9.47 Å². The second kappa shape index (κ2) is 5.89. The average Bonchev–Trinajstić information content (AvgIpc) is 2.30. The van der Waals surface area contributed by atoms with Crippen LogP contribution in [0.2, 0.25) is 0 Å². The van der Waals surface area contributed by atoms with Crippen molar-refractivity contribution in [3.05, 3.63) is 12.4 Å². The van der Waals surface area contributed by atoms with Gasteiger partial charge in [-0.2, -0.15) is 0 Å². The van der Waals surface area contributed by atoms with Crippen LogP contribution in [-0.2, 0) is 9.53 Å². The minimum Gasteiger partial charge on any atom is -0.494 e. The van der Waals surface area contributed by atoms with Gasteiger partial charge in [-0.25, -0.2) is 14.8 Å². The zero-order valence-electron chi connectivity index (χ0n) is 9.56. The molecule has 0 spiro atoms. The molecule has 0 saturated heterocycles. The number of aromatic nitrogens is 2. The molecule has 0 fully saturated rings. The molecule has 1 unspecified atom stereocenters. The maximum absolute atomic E-state index is 11.3. The van der Waals surface area contributed by atoms with Crippen molar-refractivity contribution in [1.82, 2.24) is 9.97 Å². The normalized spacial score (nSPS) is 11.7. The molecule has 0 amide bonds. The fourth-order valence-corrected chi connectivity index (χ4v) is 1.02. The second-order valence-electron chi connectivity index (χ2n) is 3.06. The standard InChI is InChI=1S/C10H15N3O3/c1-4-16-9(14)7(2)13-10-11-5-8(15-3)6-12-10/h5-7H,4H2,1-3H3,(H,11,12,13). The number of carbonyl (C=O) groups is 1. The van der Waals surface area contributed by atoms with E-state index in [-0.39, 0.29) is 5.97 Å². The van der Waals surface area contributed by atoms with Crippen LogP contribution in [-0.4, -0.2) is 35.7 Å². The summed E-state index contributed by atoms with van der Waals surface area (Å²) in [5, 5.41) is 2.83. The highest BCUT2D eigenvalue weighted by molar-refractivity contribution is 5.78. The molecule has 0 aliphatic heterocycles. The number of esters is 1. The second-order valence-corrected chi connectivity index (χ2v) is 3.06. The maximum Gasteiger partial charge on any atom is 0.328 e. The predicted molar refractivity (Wildman–Crippen MR) is 58.3 cm³/mol. The fraction of sp³-hybridized carbons (Fsp3) is 0.500. The fourth-order valence-electron chi connectivity index (χ4n) is 1.02. The lowest BCUT2D eigenvalue weighted by atomic mass is 10.3. The summed E-state index contributed by atoms with van der Waals surface area (Å²) in [6, 6.07) is -0.478. The van der Waals surface area contributed by atoms with Gasteiger partial charge in [-0.05, 0) is 13.8 Å². The van der Waals surface area contributed by atoms with Crippen LogP contribution < -0.4 is 10.1 Å². The molecule has 1 aromatic rings. The van der Waals surface area contributed by atoms with Gasteiger partial charge in [0.1, 0.15) is 6.04 Å². The lowest BCUT2D eigenvalue weighted by molar-refractivity contribution is -0.143. The molecule has 88 valence electrons. The minimum atomic E-state index is -0.478. The average molecular weight is 225 g/mol. The van der Waals surface area contributed by atoms with Crippen LogP contribution in [0.5, 0.6) is 5.75 Å². The van der Waals surface area contributed by atoms with E-state index in [9.17, 15) is 4.79 Å². The third-order valence-electron chi connectivity index (χ3n) is 1.85. The van der Waals surface area contributed by atoms with Gasteiger partial charge in [-0.3, -0.25) is 0 Å². The number of hydrogen-bond acceptors (Lipinski definition) is 6. The van der Waals surface area contributed by atoms with Crippen LogP contribution >= 0.6 is 0 Å². The molecule has 6 heteroatoms. The summed E-state index contributed by atoms with van der Waals surface area (Å²) in [7, 11) is 1.53. The Morgan fingerprint density at radius 1 is 1.50 bits per heavy atom. The highest BCUT2D eigenvalue weighted by atomic mass is 16.5. The Morgan fingerprint density at radius 3 is 2.62 bits per heavy atom. The highest BCUT2D eigenvalue weighted by Crippen LogP contribution is 2.08. The zero-order valence-corrected chi connectivity index (χ0v) is 9.56. The first-order valence-corrected chi connectivity index (χ1v) is 4.96. The monoisotopic (exact) mass is 225 g/mol. The van der Waals surface area contributed by atoms with Crippen LogP contribution in [0.4, 0.5) is 5.95 Å². The molecule has 1 rings (SSSR count). The Hall–Kier alpha value is -1.85. The van der Waals surface area contributed by atoms with Gasteiger partial charge in [0.05, 0.1) is 26.1 Å². The van der Waals surface area contributed by atoms with Gasteiger partial charge >= 0.3 is 5.97 Å². The number of nitrogens with one attached hydrogen (secondary N) is 1.